The first-order chi connectivity index (χ1) is 15.5. The van der Waals surface area contributed by atoms with Crippen LogP contribution in [0.4, 0.5) is 4.39 Å². The van der Waals surface area contributed by atoms with Gasteiger partial charge in [0.25, 0.3) is 0 Å². The number of rotatable bonds is 4. The number of nitrogens with zero attached hydrogens (tertiary/aromatic N) is 3. The summed E-state index contributed by atoms with van der Waals surface area (Å²) >= 11 is 0. The Morgan fingerprint density at radius 2 is 1.91 bits per heavy atom. The molecule has 0 bridgehead atoms. The fourth-order valence-electron chi connectivity index (χ4n) is 5.59. The van der Waals surface area contributed by atoms with Crippen LogP contribution in [-0.2, 0) is 6.42 Å². The molecule has 3 aromatic rings. The van der Waals surface area contributed by atoms with Crippen LogP contribution in [0.1, 0.15) is 72.3 Å². The van der Waals surface area contributed by atoms with Crippen LogP contribution in [0.5, 0.6) is 0 Å². The SMILES string of the molecule is C[C@H]1CCC2=Cc3c(cnn3-c3ccc(F)cc3)C[C@]2(C(=O)c2ccc(C3CC3)cn2)C1. The van der Waals surface area contributed by atoms with Gasteiger partial charge < -0.3 is 0 Å². The number of hydrogen-bond donors (Lipinski definition) is 0. The zero-order valence-electron chi connectivity index (χ0n) is 18.2. The lowest BCUT2D eigenvalue weighted by atomic mass is 9.59. The van der Waals surface area contributed by atoms with Crippen LogP contribution < -0.4 is 0 Å². The summed E-state index contributed by atoms with van der Waals surface area (Å²) in [5, 5.41) is 4.60. The zero-order chi connectivity index (χ0) is 21.9. The Labute approximate surface area is 187 Å². The number of aromatic nitrogens is 3. The summed E-state index contributed by atoms with van der Waals surface area (Å²) in [4.78, 5) is 18.6. The second kappa shape index (κ2) is 7.22. The van der Waals surface area contributed by atoms with Gasteiger partial charge in [0.05, 0.1) is 23.0 Å². The average molecular weight is 428 g/mol. The first-order valence-corrected chi connectivity index (χ1v) is 11.6. The molecular weight excluding hydrogens is 401 g/mol. The maximum Gasteiger partial charge on any atom is 0.191 e. The smallest absolute Gasteiger partial charge is 0.191 e. The van der Waals surface area contributed by atoms with E-state index < -0.39 is 5.41 Å². The van der Waals surface area contributed by atoms with Gasteiger partial charge in [-0.3, -0.25) is 9.78 Å². The first kappa shape index (κ1) is 19.6. The molecule has 2 heterocycles. The maximum atomic E-state index is 14.0. The van der Waals surface area contributed by atoms with E-state index in [0.29, 0.717) is 24.0 Å². The summed E-state index contributed by atoms with van der Waals surface area (Å²) in [7, 11) is 0. The highest BCUT2D eigenvalue weighted by Gasteiger charge is 2.48. The number of carbonyl (C=O) groups excluding carboxylic acids is 1. The van der Waals surface area contributed by atoms with Crippen LogP contribution in [0, 0.1) is 17.2 Å². The Kier molecular flexibility index (Phi) is 4.42. The predicted octanol–water partition coefficient (Wildman–Crippen LogP) is 5.91. The third kappa shape index (κ3) is 3.14. The van der Waals surface area contributed by atoms with Gasteiger partial charge in [-0.2, -0.15) is 5.10 Å². The number of pyridine rings is 1. The fraction of sp³-hybridized carbons (Fsp3) is 0.370. The van der Waals surface area contributed by atoms with Gasteiger partial charge in [0.15, 0.2) is 5.78 Å². The van der Waals surface area contributed by atoms with Crippen LogP contribution in [-0.4, -0.2) is 20.5 Å². The van der Waals surface area contributed by atoms with E-state index in [9.17, 15) is 9.18 Å². The quantitative estimate of drug-likeness (QED) is 0.486. The molecular formula is C27H26FN3O. The number of halogens is 1. The van der Waals surface area contributed by atoms with Crippen molar-refractivity contribution in [1.29, 1.82) is 0 Å². The highest BCUT2D eigenvalue weighted by Crippen LogP contribution is 2.51. The molecule has 2 saturated carbocycles. The lowest BCUT2D eigenvalue weighted by molar-refractivity contribution is 0.0762. The third-order valence-corrected chi connectivity index (χ3v) is 7.48. The second-order valence-electron chi connectivity index (χ2n) is 9.80. The molecule has 4 nitrogen and oxygen atoms in total. The molecule has 3 aliphatic rings. The molecule has 2 atom stereocenters. The number of benzene rings is 1. The third-order valence-electron chi connectivity index (χ3n) is 7.48. The Hall–Kier alpha value is -3.08. The topological polar surface area (TPSA) is 47.8 Å². The van der Waals surface area contributed by atoms with Crippen LogP contribution in [0.2, 0.25) is 0 Å². The molecule has 32 heavy (non-hydrogen) atoms. The molecule has 2 aromatic heterocycles. The molecule has 0 unspecified atom stereocenters. The summed E-state index contributed by atoms with van der Waals surface area (Å²) < 4.78 is 15.3. The number of carbonyl (C=O) groups is 1. The molecule has 1 aromatic carbocycles. The van der Waals surface area contributed by atoms with Crippen molar-refractivity contribution in [3.8, 4) is 5.69 Å². The van der Waals surface area contributed by atoms with E-state index in [1.807, 2.05) is 23.1 Å². The number of hydrogen-bond acceptors (Lipinski definition) is 3. The minimum atomic E-state index is -0.546. The van der Waals surface area contributed by atoms with Crippen molar-refractivity contribution in [3.63, 3.8) is 0 Å². The van der Waals surface area contributed by atoms with Crippen molar-refractivity contribution in [3.05, 3.63) is 82.7 Å². The average Bonchev–Trinajstić information content (AvgIpc) is 3.58. The van der Waals surface area contributed by atoms with Crippen molar-refractivity contribution in [2.24, 2.45) is 11.3 Å². The summed E-state index contributed by atoms with van der Waals surface area (Å²) in [5.74, 6) is 0.983. The molecule has 0 saturated heterocycles. The van der Waals surface area contributed by atoms with Crippen molar-refractivity contribution < 1.29 is 9.18 Å². The van der Waals surface area contributed by atoms with Crippen molar-refractivity contribution in [2.75, 3.05) is 0 Å². The summed E-state index contributed by atoms with van der Waals surface area (Å²) in [5.41, 5.74) is 5.35. The summed E-state index contributed by atoms with van der Waals surface area (Å²) in [6.45, 7) is 2.24. The zero-order valence-corrected chi connectivity index (χ0v) is 18.2. The number of Topliss-reactive ketones (excluding diaryl/α,β-unsaturated/α-hetero) is 1. The van der Waals surface area contributed by atoms with Crippen LogP contribution in [0.3, 0.4) is 0 Å². The Morgan fingerprint density at radius 3 is 2.62 bits per heavy atom. The standard InChI is InChI=1S/C27H26FN3O/c1-17-2-6-21-12-25-20(16-30-31(25)23-9-7-22(28)8-10-23)14-27(21,13-17)26(32)24-11-5-19(15-29-24)18-3-4-18/h5,7-12,15-18H,2-4,6,13-14H2,1H3/t17-,27+/m0/s1. The number of fused-ring (bicyclic) bond motifs is 2. The Bertz CT molecular complexity index is 1220. The van der Waals surface area contributed by atoms with Gasteiger partial charge in [0, 0.05) is 6.20 Å². The van der Waals surface area contributed by atoms with Gasteiger partial charge in [-0.05, 0) is 97.9 Å². The van der Waals surface area contributed by atoms with Crippen molar-refractivity contribution >= 4 is 11.9 Å². The Morgan fingerprint density at radius 1 is 1.09 bits per heavy atom. The van der Waals surface area contributed by atoms with E-state index >= 15 is 0 Å². The largest absolute Gasteiger partial charge is 0.291 e. The van der Waals surface area contributed by atoms with Gasteiger partial charge in [0.2, 0.25) is 0 Å². The van der Waals surface area contributed by atoms with E-state index in [4.69, 9.17) is 0 Å². The van der Waals surface area contributed by atoms with Crippen LogP contribution >= 0.6 is 0 Å². The molecule has 0 N–H and O–H groups in total. The van der Waals surface area contributed by atoms with Crippen LogP contribution in [0.25, 0.3) is 11.8 Å². The monoisotopic (exact) mass is 427 g/mol. The molecule has 162 valence electrons. The highest BCUT2D eigenvalue weighted by atomic mass is 19.1. The lowest BCUT2D eigenvalue weighted by Gasteiger charge is -2.43. The van der Waals surface area contributed by atoms with E-state index in [0.717, 1.165) is 36.2 Å². The van der Waals surface area contributed by atoms with Gasteiger partial charge in [-0.1, -0.05) is 18.6 Å². The predicted molar refractivity (Wildman–Crippen MR) is 121 cm³/mol. The molecule has 5 heteroatoms. The normalized spacial score (nSPS) is 24.4. The lowest BCUT2D eigenvalue weighted by Crippen LogP contribution is -2.42. The molecule has 2 fully saturated rings. The van der Waals surface area contributed by atoms with Gasteiger partial charge >= 0.3 is 0 Å². The number of ketones is 1. The summed E-state index contributed by atoms with van der Waals surface area (Å²) in [6, 6.07) is 10.4. The Balaban J connectivity index is 1.40. The van der Waals surface area contributed by atoms with E-state index in [-0.39, 0.29) is 11.6 Å². The van der Waals surface area contributed by atoms with Crippen LogP contribution in [0.15, 0.2) is 54.4 Å². The highest BCUT2D eigenvalue weighted by molar-refractivity contribution is 6.02. The summed E-state index contributed by atoms with van der Waals surface area (Å²) in [6.07, 6.45) is 11.8. The van der Waals surface area contributed by atoms with E-state index in [1.54, 1.807) is 12.1 Å². The van der Waals surface area contributed by atoms with Gasteiger partial charge in [-0.15, -0.1) is 0 Å². The van der Waals surface area contributed by atoms with E-state index in [1.165, 1.54) is 36.1 Å². The van der Waals surface area contributed by atoms with Crippen molar-refractivity contribution in [1.82, 2.24) is 14.8 Å². The van der Waals surface area contributed by atoms with Gasteiger partial charge in [0.1, 0.15) is 11.5 Å². The van der Waals surface area contributed by atoms with Crippen molar-refractivity contribution in [2.45, 2.75) is 51.4 Å². The molecule has 3 aliphatic carbocycles. The van der Waals surface area contributed by atoms with E-state index in [2.05, 4.69) is 29.1 Å². The minimum absolute atomic E-state index is 0.137. The molecule has 0 radical (unpaired) electrons. The molecule has 0 amide bonds. The van der Waals surface area contributed by atoms with Gasteiger partial charge in [-0.25, -0.2) is 9.07 Å². The number of allylic oxidation sites excluding steroid dienone is 1. The second-order valence-corrected chi connectivity index (χ2v) is 9.80. The maximum absolute atomic E-state index is 14.0. The molecule has 6 rings (SSSR count). The first-order valence-electron chi connectivity index (χ1n) is 11.6. The molecule has 0 spiro atoms. The minimum Gasteiger partial charge on any atom is -0.291 e. The fourth-order valence-corrected chi connectivity index (χ4v) is 5.59. The molecule has 0 aliphatic heterocycles.